The number of hydrogen-bond acceptors (Lipinski definition) is 6. The van der Waals surface area contributed by atoms with Crippen LogP contribution >= 0.6 is 23.6 Å². The number of rotatable bonds is 4. The molecule has 0 aliphatic heterocycles. The van der Waals surface area contributed by atoms with Crippen molar-refractivity contribution >= 4 is 51.2 Å². The normalized spacial score (nSPS) is 13.4. The van der Waals surface area contributed by atoms with E-state index in [4.69, 9.17) is 22.7 Å². The van der Waals surface area contributed by atoms with Crippen molar-refractivity contribution in [3.63, 3.8) is 0 Å². The standard InChI is InChI=1S/C17H21N5O3S2/c1-22-13(14(18)23)10(8-19-22)20-17(26)21-15-12(16(24)25-2)9-6-4-3-5-7-11(9)27-15/h8H,3-7H2,1-2H3,(H2,18,23)(H2,20,21,26). The van der Waals surface area contributed by atoms with Crippen LogP contribution in [0.2, 0.25) is 0 Å². The maximum Gasteiger partial charge on any atom is 0.341 e. The molecule has 4 N–H and O–H groups in total. The van der Waals surface area contributed by atoms with Gasteiger partial charge in [-0.1, -0.05) is 6.42 Å². The number of aryl methyl sites for hydroxylation is 2. The van der Waals surface area contributed by atoms with Crippen molar-refractivity contribution in [1.29, 1.82) is 0 Å². The van der Waals surface area contributed by atoms with Crippen LogP contribution in [-0.2, 0) is 24.6 Å². The first-order valence-electron chi connectivity index (χ1n) is 8.55. The minimum atomic E-state index is -0.613. The number of fused-ring (bicyclic) bond motifs is 1. The van der Waals surface area contributed by atoms with Gasteiger partial charge in [-0.3, -0.25) is 9.48 Å². The van der Waals surface area contributed by atoms with Gasteiger partial charge in [0.2, 0.25) is 0 Å². The Bertz CT molecular complexity index is 903. The van der Waals surface area contributed by atoms with Crippen LogP contribution in [0.1, 0.15) is 50.5 Å². The number of carbonyl (C=O) groups excluding carboxylic acids is 2. The summed E-state index contributed by atoms with van der Waals surface area (Å²) in [6.45, 7) is 0. The molecule has 10 heteroatoms. The van der Waals surface area contributed by atoms with Crippen LogP contribution < -0.4 is 16.4 Å². The molecule has 0 radical (unpaired) electrons. The van der Waals surface area contributed by atoms with Crippen molar-refractivity contribution in [2.24, 2.45) is 12.8 Å². The Labute approximate surface area is 166 Å². The van der Waals surface area contributed by atoms with Gasteiger partial charge in [0.25, 0.3) is 5.91 Å². The molecule has 0 aromatic carbocycles. The van der Waals surface area contributed by atoms with Crippen molar-refractivity contribution in [3.05, 3.63) is 27.9 Å². The lowest BCUT2D eigenvalue weighted by Crippen LogP contribution is -2.23. The van der Waals surface area contributed by atoms with Gasteiger partial charge < -0.3 is 21.1 Å². The Balaban J connectivity index is 1.86. The highest BCUT2D eigenvalue weighted by Crippen LogP contribution is 2.38. The summed E-state index contributed by atoms with van der Waals surface area (Å²) < 4.78 is 6.36. The predicted molar refractivity (Wildman–Crippen MR) is 108 cm³/mol. The van der Waals surface area contributed by atoms with Crippen LogP contribution in [0.15, 0.2) is 6.20 Å². The summed E-state index contributed by atoms with van der Waals surface area (Å²) in [4.78, 5) is 25.2. The van der Waals surface area contributed by atoms with E-state index in [1.807, 2.05) is 0 Å². The lowest BCUT2D eigenvalue weighted by Gasteiger charge is -2.11. The summed E-state index contributed by atoms with van der Waals surface area (Å²) in [6.07, 6.45) is 6.58. The van der Waals surface area contributed by atoms with Crippen LogP contribution in [0, 0.1) is 0 Å². The van der Waals surface area contributed by atoms with Gasteiger partial charge in [0, 0.05) is 11.9 Å². The molecule has 1 amide bonds. The molecule has 1 aliphatic carbocycles. The zero-order valence-electron chi connectivity index (χ0n) is 15.1. The first-order valence-corrected chi connectivity index (χ1v) is 9.77. The summed E-state index contributed by atoms with van der Waals surface area (Å²) in [5, 5.41) is 10.9. The minimum Gasteiger partial charge on any atom is -0.465 e. The lowest BCUT2D eigenvalue weighted by atomic mass is 10.1. The highest BCUT2D eigenvalue weighted by Gasteiger charge is 2.26. The fraction of sp³-hybridized carbons (Fsp3) is 0.412. The Morgan fingerprint density at radius 2 is 2.04 bits per heavy atom. The van der Waals surface area contributed by atoms with Crippen molar-refractivity contribution in [1.82, 2.24) is 9.78 Å². The van der Waals surface area contributed by atoms with Gasteiger partial charge in [0.15, 0.2) is 5.11 Å². The molecule has 144 valence electrons. The number of nitrogens with two attached hydrogens (primary N) is 1. The number of primary amides is 1. The molecule has 3 rings (SSSR count). The third-order valence-corrected chi connectivity index (χ3v) is 5.87. The Kier molecular flexibility index (Phi) is 5.76. The van der Waals surface area contributed by atoms with E-state index in [1.165, 1.54) is 34.2 Å². The number of nitrogens with one attached hydrogen (secondary N) is 2. The number of aromatic nitrogens is 2. The Hall–Kier alpha value is -2.46. The second kappa shape index (κ2) is 8.05. The highest BCUT2D eigenvalue weighted by molar-refractivity contribution is 7.80. The predicted octanol–water partition coefficient (Wildman–Crippen LogP) is 2.44. The van der Waals surface area contributed by atoms with Gasteiger partial charge >= 0.3 is 5.97 Å². The maximum absolute atomic E-state index is 12.4. The third kappa shape index (κ3) is 3.96. The molecule has 0 bridgehead atoms. The zero-order chi connectivity index (χ0) is 19.6. The molecule has 8 nitrogen and oxygen atoms in total. The number of amides is 1. The maximum atomic E-state index is 12.4. The van der Waals surface area contributed by atoms with E-state index in [0.29, 0.717) is 16.3 Å². The molecule has 27 heavy (non-hydrogen) atoms. The quantitative estimate of drug-likeness (QED) is 0.405. The number of hydrogen-bond donors (Lipinski definition) is 3. The zero-order valence-corrected chi connectivity index (χ0v) is 16.8. The van der Waals surface area contributed by atoms with Crippen molar-refractivity contribution in [2.45, 2.75) is 32.1 Å². The molecule has 2 aromatic rings. The van der Waals surface area contributed by atoms with E-state index >= 15 is 0 Å². The van der Waals surface area contributed by atoms with Gasteiger partial charge in [-0.25, -0.2) is 4.79 Å². The molecule has 0 spiro atoms. The lowest BCUT2D eigenvalue weighted by molar-refractivity contribution is 0.0601. The molecule has 0 atom stereocenters. The number of ether oxygens (including phenoxy) is 1. The highest BCUT2D eigenvalue weighted by atomic mass is 32.1. The van der Waals surface area contributed by atoms with E-state index in [9.17, 15) is 9.59 Å². The van der Waals surface area contributed by atoms with Crippen molar-refractivity contribution in [2.75, 3.05) is 17.7 Å². The number of carbonyl (C=O) groups is 2. The SMILES string of the molecule is COC(=O)c1c(NC(=S)Nc2cnn(C)c2C(N)=O)sc2c1CCCCC2. The number of anilines is 2. The first-order chi connectivity index (χ1) is 12.9. The van der Waals surface area contributed by atoms with E-state index in [2.05, 4.69) is 15.7 Å². The molecular formula is C17H21N5O3S2. The first kappa shape index (κ1) is 19.3. The summed E-state index contributed by atoms with van der Waals surface area (Å²) >= 11 is 6.89. The summed E-state index contributed by atoms with van der Waals surface area (Å²) in [5.41, 5.74) is 7.60. The molecule has 0 unspecified atom stereocenters. The fourth-order valence-corrected chi connectivity index (χ4v) is 4.79. The Morgan fingerprint density at radius 3 is 2.74 bits per heavy atom. The Morgan fingerprint density at radius 1 is 1.30 bits per heavy atom. The number of methoxy groups -OCH3 is 1. The van der Waals surface area contributed by atoms with E-state index in [-0.39, 0.29) is 16.8 Å². The third-order valence-electron chi connectivity index (χ3n) is 4.46. The van der Waals surface area contributed by atoms with Gasteiger partial charge in [-0.05, 0) is 43.5 Å². The van der Waals surface area contributed by atoms with Gasteiger partial charge in [-0.15, -0.1) is 11.3 Å². The van der Waals surface area contributed by atoms with Crippen LogP contribution in [0.25, 0.3) is 0 Å². The minimum absolute atomic E-state index is 0.217. The van der Waals surface area contributed by atoms with E-state index < -0.39 is 5.91 Å². The van der Waals surface area contributed by atoms with Gasteiger partial charge in [0.05, 0.1) is 24.6 Å². The smallest absolute Gasteiger partial charge is 0.341 e. The number of thiophene rings is 1. The molecule has 0 saturated heterocycles. The average Bonchev–Trinajstić information content (AvgIpc) is 3.05. The molecule has 0 saturated carbocycles. The summed E-state index contributed by atoms with van der Waals surface area (Å²) in [5.74, 6) is -0.989. The second-order valence-corrected chi connectivity index (χ2v) is 7.75. The second-order valence-electron chi connectivity index (χ2n) is 6.23. The fourth-order valence-electron chi connectivity index (χ4n) is 3.23. The molecule has 0 fully saturated rings. The average molecular weight is 408 g/mol. The summed E-state index contributed by atoms with van der Waals surface area (Å²) in [6, 6.07) is 0. The molecule has 1 aliphatic rings. The van der Waals surface area contributed by atoms with Crippen molar-refractivity contribution < 1.29 is 14.3 Å². The van der Waals surface area contributed by atoms with Gasteiger partial charge in [0.1, 0.15) is 10.7 Å². The van der Waals surface area contributed by atoms with Crippen LogP contribution in [0.3, 0.4) is 0 Å². The topological polar surface area (TPSA) is 111 Å². The largest absolute Gasteiger partial charge is 0.465 e. The molecule has 2 aromatic heterocycles. The van der Waals surface area contributed by atoms with Crippen molar-refractivity contribution in [3.8, 4) is 0 Å². The number of thiocarbonyl (C=S) groups is 1. The van der Waals surface area contributed by atoms with Crippen LogP contribution in [0.5, 0.6) is 0 Å². The molecular weight excluding hydrogens is 386 g/mol. The van der Waals surface area contributed by atoms with E-state index in [0.717, 1.165) is 37.7 Å². The van der Waals surface area contributed by atoms with Crippen LogP contribution in [0.4, 0.5) is 10.7 Å². The van der Waals surface area contributed by atoms with Gasteiger partial charge in [-0.2, -0.15) is 5.10 Å². The number of esters is 1. The summed E-state index contributed by atoms with van der Waals surface area (Å²) in [7, 11) is 2.99. The number of nitrogens with zero attached hydrogens (tertiary/aromatic N) is 2. The molecule has 2 heterocycles. The van der Waals surface area contributed by atoms with Crippen LogP contribution in [-0.4, -0.2) is 33.9 Å². The monoisotopic (exact) mass is 407 g/mol. The van der Waals surface area contributed by atoms with E-state index in [1.54, 1.807) is 7.05 Å².